The largest absolute Gasteiger partial charge is 0.546 e. The van der Waals surface area contributed by atoms with Gasteiger partial charge >= 0.3 is 8.09 Å². The predicted molar refractivity (Wildman–Crippen MR) is 136 cm³/mol. The lowest BCUT2D eigenvalue weighted by Gasteiger charge is -2.35. The van der Waals surface area contributed by atoms with Gasteiger partial charge in [0.25, 0.3) is 11.8 Å². The first-order chi connectivity index (χ1) is 17.3. The minimum Gasteiger partial charge on any atom is -0.348 e. The van der Waals surface area contributed by atoms with Gasteiger partial charge in [-0.25, -0.2) is 0 Å². The maximum atomic E-state index is 12.9. The van der Waals surface area contributed by atoms with Crippen molar-refractivity contribution in [1.29, 1.82) is 0 Å². The molecule has 2 aliphatic heterocycles. The van der Waals surface area contributed by atoms with Crippen LogP contribution in [0.1, 0.15) is 39.3 Å². The van der Waals surface area contributed by atoms with Crippen molar-refractivity contribution in [3.05, 3.63) is 75.5 Å². The van der Waals surface area contributed by atoms with E-state index in [0.29, 0.717) is 31.7 Å². The number of aromatic amines is 1. The molecule has 0 saturated carbocycles. The number of fused-ring (bicyclic) bond motifs is 1. The molecule has 1 saturated heterocycles. The fourth-order valence-electron chi connectivity index (χ4n) is 4.13. The van der Waals surface area contributed by atoms with E-state index in [9.17, 15) is 14.5 Å². The number of nitrogens with one attached hydrogen (secondary N) is 3. The molecule has 1 unspecified atom stereocenters. The number of rotatable bonds is 5. The Labute approximate surface area is 217 Å². The van der Waals surface area contributed by atoms with Crippen LogP contribution in [0.5, 0.6) is 5.75 Å². The van der Waals surface area contributed by atoms with Crippen LogP contribution in [0, 0.1) is 0 Å². The van der Waals surface area contributed by atoms with Gasteiger partial charge in [0.15, 0.2) is 5.75 Å². The number of para-hydroxylation sites is 1. The van der Waals surface area contributed by atoms with E-state index in [0.717, 1.165) is 5.56 Å². The number of carbonyl (C=O) groups is 2. The van der Waals surface area contributed by atoms with Crippen molar-refractivity contribution in [2.45, 2.75) is 25.5 Å². The maximum Gasteiger partial charge on any atom is 0.546 e. The Hall–Kier alpha value is -2.72. The van der Waals surface area contributed by atoms with Gasteiger partial charge in [0, 0.05) is 24.7 Å². The average Bonchev–Trinajstić information content (AvgIpc) is 3.32. The standard InChI is InChI=1S/C23H22Cl2N5O5P/c24-16-5-3-6-17(25)20(16)22(31)28-18-12-26-29-21(18)23(32)27-15-8-10-30(11-9-15)36(33)34-13-14-4-1-2-7-19(14)35-36/h1-7,12,15,33H,8-11,13H2,(H2-,26,27,28,29,31,32)/p+1. The van der Waals surface area contributed by atoms with Crippen LogP contribution < -0.4 is 15.2 Å². The topological polar surface area (TPSA) is 129 Å². The number of benzene rings is 2. The summed E-state index contributed by atoms with van der Waals surface area (Å²) in [5.74, 6) is -0.346. The molecule has 2 aromatic carbocycles. The third-order valence-corrected chi connectivity index (χ3v) is 8.69. The summed E-state index contributed by atoms with van der Waals surface area (Å²) in [4.78, 5) is 36.7. The lowest BCUT2D eigenvalue weighted by atomic mass is 10.1. The number of piperidine rings is 1. The number of H-pyrrole nitrogens is 1. The summed E-state index contributed by atoms with van der Waals surface area (Å²) in [6, 6.07) is 12.1. The van der Waals surface area contributed by atoms with E-state index in [1.807, 2.05) is 24.3 Å². The Morgan fingerprint density at radius 1 is 1.08 bits per heavy atom. The minimum absolute atomic E-state index is 0.107. The van der Waals surface area contributed by atoms with E-state index in [1.165, 1.54) is 6.20 Å². The number of halogens is 2. The van der Waals surface area contributed by atoms with Crippen molar-refractivity contribution < 1.29 is 23.5 Å². The van der Waals surface area contributed by atoms with Crippen LogP contribution in [0.25, 0.3) is 0 Å². The molecule has 3 heterocycles. The summed E-state index contributed by atoms with van der Waals surface area (Å²) in [6.07, 6.45) is 2.50. The van der Waals surface area contributed by atoms with Gasteiger partial charge in [0.1, 0.15) is 12.3 Å². The number of aromatic nitrogens is 2. The summed E-state index contributed by atoms with van der Waals surface area (Å²) < 4.78 is 13.4. The van der Waals surface area contributed by atoms with E-state index in [4.69, 9.17) is 32.2 Å². The lowest BCUT2D eigenvalue weighted by molar-refractivity contribution is 0.0907. The molecule has 188 valence electrons. The second-order valence-electron chi connectivity index (χ2n) is 8.37. The highest BCUT2D eigenvalue weighted by molar-refractivity contribution is 7.58. The highest BCUT2D eigenvalue weighted by Gasteiger charge is 2.54. The molecule has 4 N–H and O–H groups in total. The molecule has 2 amide bonds. The third-order valence-electron chi connectivity index (χ3n) is 6.05. The molecular weight excluding hydrogens is 528 g/mol. The first kappa shape index (κ1) is 25.0. The molecule has 0 aliphatic carbocycles. The SMILES string of the molecule is O=C(NC1CCN([P+]2(O)OCc3ccccc3O2)CC1)c1[nH]ncc1NC(=O)c1c(Cl)cccc1Cl. The number of amides is 2. The van der Waals surface area contributed by atoms with E-state index in [-0.39, 0.29) is 39.6 Å². The molecule has 2 aliphatic rings. The quantitative estimate of drug-likeness (QED) is 0.345. The monoisotopic (exact) mass is 550 g/mol. The van der Waals surface area contributed by atoms with Crippen LogP contribution in [0.2, 0.25) is 10.0 Å². The van der Waals surface area contributed by atoms with Gasteiger partial charge in [-0.2, -0.15) is 14.5 Å². The first-order valence-electron chi connectivity index (χ1n) is 11.2. The van der Waals surface area contributed by atoms with E-state index >= 15 is 0 Å². The Morgan fingerprint density at radius 2 is 1.81 bits per heavy atom. The highest BCUT2D eigenvalue weighted by Crippen LogP contribution is 2.63. The molecule has 10 nitrogen and oxygen atoms in total. The Kier molecular flexibility index (Phi) is 7.16. The fraction of sp³-hybridized carbons (Fsp3) is 0.261. The molecule has 5 rings (SSSR count). The van der Waals surface area contributed by atoms with Crippen LogP contribution in [0.4, 0.5) is 5.69 Å². The number of nitrogens with zero attached hydrogens (tertiary/aromatic N) is 2. The van der Waals surface area contributed by atoms with Gasteiger partial charge in [-0.15, -0.1) is 0 Å². The van der Waals surface area contributed by atoms with E-state index in [2.05, 4.69) is 20.8 Å². The Balaban J connectivity index is 1.18. The van der Waals surface area contributed by atoms with Gasteiger partial charge in [0.05, 0.1) is 27.5 Å². The van der Waals surface area contributed by atoms with Crippen LogP contribution in [0.15, 0.2) is 48.7 Å². The van der Waals surface area contributed by atoms with Crippen molar-refractivity contribution in [3.8, 4) is 5.75 Å². The van der Waals surface area contributed by atoms with Crippen LogP contribution in [-0.2, 0) is 11.1 Å². The zero-order chi connectivity index (χ0) is 25.3. The summed E-state index contributed by atoms with van der Waals surface area (Å²) in [5, 5.41) is 12.5. The molecule has 0 bridgehead atoms. The summed E-state index contributed by atoms with van der Waals surface area (Å²) in [7, 11) is -3.21. The number of hydrogen-bond acceptors (Lipinski definition) is 7. The van der Waals surface area contributed by atoms with Crippen molar-refractivity contribution in [2.75, 3.05) is 18.4 Å². The second kappa shape index (κ2) is 10.3. The molecule has 1 atom stereocenters. The zero-order valence-corrected chi connectivity index (χ0v) is 21.3. The summed E-state index contributed by atoms with van der Waals surface area (Å²) in [5.41, 5.74) is 1.31. The average molecular weight is 551 g/mol. The van der Waals surface area contributed by atoms with Crippen molar-refractivity contribution in [1.82, 2.24) is 20.2 Å². The molecule has 13 heteroatoms. The van der Waals surface area contributed by atoms with Crippen molar-refractivity contribution in [2.24, 2.45) is 0 Å². The van der Waals surface area contributed by atoms with E-state index < -0.39 is 19.9 Å². The first-order valence-corrected chi connectivity index (χ1v) is 13.5. The number of hydrogen-bond donors (Lipinski definition) is 4. The smallest absolute Gasteiger partial charge is 0.348 e. The maximum absolute atomic E-state index is 12.9. The third kappa shape index (κ3) is 5.06. The molecule has 1 aromatic heterocycles. The lowest BCUT2D eigenvalue weighted by Crippen LogP contribution is -2.45. The van der Waals surface area contributed by atoms with Gasteiger partial charge in [0.2, 0.25) is 0 Å². The highest BCUT2D eigenvalue weighted by atomic mass is 35.5. The van der Waals surface area contributed by atoms with Gasteiger partial charge in [-0.1, -0.05) is 52.1 Å². The fourth-order valence-corrected chi connectivity index (χ4v) is 6.51. The normalized spacial score (nSPS) is 20.3. The molecule has 1 fully saturated rings. The van der Waals surface area contributed by atoms with Crippen LogP contribution in [0.3, 0.4) is 0 Å². The molecule has 3 aromatic rings. The summed E-state index contributed by atoms with van der Waals surface area (Å²) in [6.45, 7) is 1.24. The Morgan fingerprint density at radius 3 is 2.56 bits per heavy atom. The zero-order valence-electron chi connectivity index (χ0n) is 18.9. The molecule has 0 radical (unpaired) electrons. The second-order valence-corrected chi connectivity index (χ2v) is 11.2. The van der Waals surface area contributed by atoms with Gasteiger partial charge in [-0.3, -0.25) is 19.2 Å². The molecule has 36 heavy (non-hydrogen) atoms. The van der Waals surface area contributed by atoms with Crippen LogP contribution >= 0.6 is 31.3 Å². The number of anilines is 1. The van der Waals surface area contributed by atoms with Gasteiger partial charge in [-0.05, 0) is 31.0 Å². The van der Waals surface area contributed by atoms with Gasteiger partial charge < -0.3 is 10.6 Å². The molecular formula is C23H23Cl2N5O5P+. The van der Waals surface area contributed by atoms with E-state index in [1.54, 1.807) is 22.9 Å². The summed E-state index contributed by atoms with van der Waals surface area (Å²) >= 11 is 12.2. The van der Waals surface area contributed by atoms with Crippen molar-refractivity contribution in [3.63, 3.8) is 0 Å². The van der Waals surface area contributed by atoms with Crippen molar-refractivity contribution >= 4 is 48.8 Å². The minimum atomic E-state index is -3.21. The molecule has 0 spiro atoms. The van der Waals surface area contributed by atoms with Crippen LogP contribution in [-0.4, -0.2) is 50.7 Å². The number of carbonyl (C=O) groups excluding carboxylic acids is 2. The predicted octanol–water partition coefficient (Wildman–Crippen LogP) is 4.44. The Bertz CT molecular complexity index is 1280.